The molecule has 0 atom stereocenters. The Balaban J connectivity index is 2.03. The van der Waals surface area contributed by atoms with E-state index in [0.717, 1.165) is 37.9 Å². The Morgan fingerprint density at radius 3 is 2.83 bits per heavy atom. The van der Waals surface area contributed by atoms with Gasteiger partial charge in [-0.1, -0.05) is 19.8 Å². The van der Waals surface area contributed by atoms with E-state index >= 15 is 0 Å². The first-order valence-corrected chi connectivity index (χ1v) is 4.72. The van der Waals surface area contributed by atoms with Crippen LogP contribution in [0.15, 0.2) is 11.8 Å². The van der Waals surface area contributed by atoms with E-state index in [2.05, 4.69) is 6.92 Å². The van der Waals surface area contributed by atoms with Gasteiger partial charge >= 0.3 is 5.97 Å². The van der Waals surface area contributed by atoms with Crippen molar-refractivity contribution in [1.29, 1.82) is 0 Å². The molecule has 0 N–H and O–H groups in total. The lowest BCUT2D eigenvalue weighted by atomic mass is 10.1. The van der Waals surface area contributed by atoms with Gasteiger partial charge in [0.25, 0.3) is 0 Å². The smallest absolute Gasteiger partial charge is 0.310 e. The molecule has 0 saturated heterocycles. The van der Waals surface area contributed by atoms with Gasteiger partial charge < -0.3 is 4.74 Å². The van der Waals surface area contributed by atoms with Crippen molar-refractivity contribution < 1.29 is 9.53 Å². The lowest BCUT2D eigenvalue weighted by Crippen LogP contribution is -2.07. The zero-order chi connectivity index (χ0) is 8.81. The van der Waals surface area contributed by atoms with Gasteiger partial charge in [-0.05, 0) is 18.9 Å². The quantitative estimate of drug-likeness (QED) is 0.466. The SMILES string of the molecule is CCCCCC(=O)OC1=CCC1. The maximum atomic E-state index is 11.1. The summed E-state index contributed by atoms with van der Waals surface area (Å²) in [5.41, 5.74) is 0. The fraction of sp³-hybridized carbons (Fsp3) is 0.700. The number of hydrogen-bond acceptors (Lipinski definition) is 2. The Morgan fingerprint density at radius 1 is 1.58 bits per heavy atom. The molecular formula is C10H16O2. The molecule has 0 aliphatic heterocycles. The molecule has 0 aromatic heterocycles. The first-order chi connectivity index (χ1) is 5.83. The van der Waals surface area contributed by atoms with Gasteiger partial charge in [-0.15, -0.1) is 0 Å². The van der Waals surface area contributed by atoms with E-state index in [0.29, 0.717) is 6.42 Å². The van der Waals surface area contributed by atoms with E-state index in [1.807, 2.05) is 6.08 Å². The molecule has 0 spiro atoms. The Kier molecular flexibility index (Phi) is 3.85. The highest BCUT2D eigenvalue weighted by molar-refractivity contribution is 5.70. The molecule has 0 heterocycles. The summed E-state index contributed by atoms with van der Waals surface area (Å²) in [4.78, 5) is 11.1. The minimum Gasteiger partial charge on any atom is -0.431 e. The van der Waals surface area contributed by atoms with E-state index in [1.165, 1.54) is 0 Å². The molecule has 0 amide bonds. The number of ether oxygens (including phenoxy) is 1. The third-order valence-corrected chi connectivity index (χ3v) is 1.99. The molecule has 0 saturated carbocycles. The van der Waals surface area contributed by atoms with Crippen molar-refractivity contribution in [2.45, 2.75) is 45.4 Å². The van der Waals surface area contributed by atoms with Gasteiger partial charge in [0.15, 0.2) is 0 Å². The third-order valence-electron chi connectivity index (χ3n) is 1.99. The van der Waals surface area contributed by atoms with Crippen molar-refractivity contribution >= 4 is 5.97 Å². The summed E-state index contributed by atoms with van der Waals surface area (Å²) in [5, 5.41) is 0. The van der Waals surface area contributed by atoms with Gasteiger partial charge in [-0.25, -0.2) is 0 Å². The number of carbonyl (C=O) groups excluding carboxylic acids is 1. The largest absolute Gasteiger partial charge is 0.431 e. The normalized spacial score (nSPS) is 14.9. The second-order valence-electron chi connectivity index (χ2n) is 3.14. The predicted molar refractivity (Wildman–Crippen MR) is 47.6 cm³/mol. The fourth-order valence-electron chi connectivity index (χ4n) is 1.07. The summed E-state index contributed by atoms with van der Waals surface area (Å²) >= 11 is 0. The molecule has 0 radical (unpaired) electrons. The summed E-state index contributed by atoms with van der Waals surface area (Å²) in [6, 6.07) is 0. The monoisotopic (exact) mass is 168 g/mol. The molecule has 68 valence electrons. The summed E-state index contributed by atoms with van der Waals surface area (Å²) < 4.78 is 5.06. The molecule has 1 rings (SSSR count). The van der Waals surface area contributed by atoms with Gasteiger partial charge in [-0.3, -0.25) is 4.79 Å². The lowest BCUT2D eigenvalue weighted by Gasteiger charge is -2.13. The topological polar surface area (TPSA) is 26.3 Å². The Bertz CT molecular complexity index is 182. The van der Waals surface area contributed by atoms with Crippen LogP contribution in [0.5, 0.6) is 0 Å². The average Bonchev–Trinajstić information content (AvgIpc) is 1.98. The number of unbranched alkanes of at least 4 members (excludes halogenated alkanes) is 2. The molecule has 0 aromatic carbocycles. The first kappa shape index (κ1) is 9.30. The highest BCUT2D eigenvalue weighted by atomic mass is 16.5. The Labute approximate surface area is 73.6 Å². The lowest BCUT2D eigenvalue weighted by molar-refractivity contribution is -0.140. The molecule has 1 aliphatic rings. The summed E-state index contributed by atoms with van der Waals surface area (Å²) in [5.74, 6) is 0.811. The number of hydrogen-bond donors (Lipinski definition) is 0. The predicted octanol–water partition coefficient (Wildman–Crippen LogP) is 2.79. The number of allylic oxidation sites excluding steroid dienone is 2. The number of rotatable bonds is 5. The minimum atomic E-state index is -0.0607. The summed E-state index contributed by atoms with van der Waals surface area (Å²) in [7, 11) is 0. The van der Waals surface area contributed by atoms with Crippen molar-refractivity contribution in [3.8, 4) is 0 Å². The average molecular weight is 168 g/mol. The van der Waals surface area contributed by atoms with Crippen LogP contribution in [-0.2, 0) is 9.53 Å². The van der Waals surface area contributed by atoms with E-state index in [1.54, 1.807) is 0 Å². The molecule has 0 fully saturated rings. The highest BCUT2D eigenvalue weighted by Crippen LogP contribution is 2.19. The van der Waals surface area contributed by atoms with Gasteiger partial charge in [-0.2, -0.15) is 0 Å². The van der Waals surface area contributed by atoms with Crippen LogP contribution in [0.4, 0.5) is 0 Å². The van der Waals surface area contributed by atoms with Crippen LogP contribution in [0.25, 0.3) is 0 Å². The second kappa shape index (κ2) is 4.96. The molecule has 2 nitrogen and oxygen atoms in total. The van der Waals surface area contributed by atoms with Crippen molar-refractivity contribution in [2.75, 3.05) is 0 Å². The van der Waals surface area contributed by atoms with Gasteiger partial charge in [0.05, 0.1) is 0 Å². The molecule has 0 aromatic rings. The number of carbonyl (C=O) groups is 1. The van der Waals surface area contributed by atoms with Crippen LogP contribution in [-0.4, -0.2) is 5.97 Å². The van der Waals surface area contributed by atoms with E-state index in [4.69, 9.17) is 4.74 Å². The van der Waals surface area contributed by atoms with Gasteiger partial charge in [0, 0.05) is 12.8 Å². The molecule has 12 heavy (non-hydrogen) atoms. The zero-order valence-corrected chi connectivity index (χ0v) is 7.64. The highest BCUT2D eigenvalue weighted by Gasteiger charge is 2.11. The van der Waals surface area contributed by atoms with Gasteiger partial charge in [0.2, 0.25) is 0 Å². The maximum absolute atomic E-state index is 11.1. The van der Waals surface area contributed by atoms with Crippen molar-refractivity contribution in [1.82, 2.24) is 0 Å². The molecule has 0 unspecified atom stereocenters. The summed E-state index contributed by atoms with van der Waals surface area (Å²) in [6.45, 7) is 2.12. The van der Waals surface area contributed by atoms with Crippen LogP contribution >= 0.6 is 0 Å². The Morgan fingerprint density at radius 2 is 2.33 bits per heavy atom. The second-order valence-corrected chi connectivity index (χ2v) is 3.14. The minimum absolute atomic E-state index is 0.0607. The molecule has 0 bridgehead atoms. The van der Waals surface area contributed by atoms with E-state index in [-0.39, 0.29) is 5.97 Å². The van der Waals surface area contributed by atoms with E-state index in [9.17, 15) is 4.79 Å². The third kappa shape index (κ3) is 3.07. The van der Waals surface area contributed by atoms with Crippen molar-refractivity contribution in [3.63, 3.8) is 0 Å². The first-order valence-electron chi connectivity index (χ1n) is 4.72. The van der Waals surface area contributed by atoms with Gasteiger partial charge in [0.1, 0.15) is 5.76 Å². The standard InChI is InChI=1S/C10H16O2/c1-2-3-4-8-10(11)12-9-6-5-7-9/h6H,2-5,7-8H2,1H3. The van der Waals surface area contributed by atoms with Crippen molar-refractivity contribution in [3.05, 3.63) is 11.8 Å². The maximum Gasteiger partial charge on any atom is 0.310 e. The zero-order valence-electron chi connectivity index (χ0n) is 7.64. The van der Waals surface area contributed by atoms with Crippen LogP contribution in [0.2, 0.25) is 0 Å². The van der Waals surface area contributed by atoms with Crippen LogP contribution in [0.1, 0.15) is 45.4 Å². The molecule has 1 aliphatic carbocycles. The number of esters is 1. The van der Waals surface area contributed by atoms with Crippen molar-refractivity contribution in [2.24, 2.45) is 0 Å². The van der Waals surface area contributed by atoms with E-state index < -0.39 is 0 Å². The Hall–Kier alpha value is -0.790. The summed E-state index contributed by atoms with van der Waals surface area (Å²) in [6.07, 6.45) is 7.78. The molecular weight excluding hydrogens is 152 g/mol. The van der Waals surface area contributed by atoms with Crippen LogP contribution in [0, 0.1) is 0 Å². The van der Waals surface area contributed by atoms with Crippen LogP contribution < -0.4 is 0 Å². The molecule has 2 heteroatoms. The fourth-order valence-corrected chi connectivity index (χ4v) is 1.07. The van der Waals surface area contributed by atoms with Crippen LogP contribution in [0.3, 0.4) is 0 Å².